The summed E-state index contributed by atoms with van der Waals surface area (Å²) >= 11 is 1.19. The van der Waals surface area contributed by atoms with Crippen LogP contribution in [0.2, 0.25) is 0 Å². The molecule has 1 rings (SSSR count). The number of hydrogen-bond acceptors (Lipinski definition) is 5. The Morgan fingerprint density at radius 3 is 3.08 bits per heavy atom. The van der Waals surface area contributed by atoms with E-state index in [1.165, 1.54) is 24.5 Å². The van der Waals surface area contributed by atoms with Crippen molar-refractivity contribution in [3.63, 3.8) is 0 Å². The number of ketones is 1. The van der Waals surface area contributed by atoms with Gasteiger partial charge in [0.2, 0.25) is 0 Å². The van der Waals surface area contributed by atoms with E-state index in [4.69, 9.17) is 9.84 Å². The zero-order valence-electron chi connectivity index (χ0n) is 6.61. The lowest BCUT2D eigenvalue weighted by molar-refractivity contribution is 0.101. The van der Waals surface area contributed by atoms with E-state index in [9.17, 15) is 4.79 Å². The van der Waals surface area contributed by atoms with Crippen LogP contribution in [0, 0.1) is 0 Å². The zero-order chi connectivity index (χ0) is 8.97. The molecule has 0 saturated heterocycles. The van der Waals surface area contributed by atoms with E-state index in [0.29, 0.717) is 10.1 Å². The van der Waals surface area contributed by atoms with Crippen LogP contribution in [0.25, 0.3) is 0 Å². The number of aromatic nitrogens is 1. The van der Waals surface area contributed by atoms with Crippen LogP contribution in [0.15, 0.2) is 6.20 Å². The van der Waals surface area contributed by atoms with Crippen LogP contribution >= 0.6 is 11.3 Å². The van der Waals surface area contributed by atoms with Crippen molar-refractivity contribution in [2.24, 2.45) is 0 Å². The van der Waals surface area contributed by atoms with Crippen LogP contribution < -0.4 is 4.74 Å². The second kappa shape index (κ2) is 4.18. The van der Waals surface area contributed by atoms with Crippen LogP contribution in [0.1, 0.15) is 16.7 Å². The largest absolute Gasteiger partial charge is 0.480 e. The predicted molar refractivity (Wildman–Crippen MR) is 44.7 cm³/mol. The molecule has 0 unspecified atom stereocenters. The normalized spacial score (nSPS) is 9.83. The van der Waals surface area contributed by atoms with Gasteiger partial charge in [-0.25, -0.2) is 4.98 Å². The third-order valence-corrected chi connectivity index (χ3v) is 2.13. The third-order valence-electron chi connectivity index (χ3n) is 1.12. The first-order valence-corrected chi connectivity index (χ1v) is 4.26. The Labute approximate surface area is 73.8 Å². The zero-order valence-corrected chi connectivity index (χ0v) is 7.43. The van der Waals surface area contributed by atoms with E-state index in [-0.39, 0.29) is 19.0 Å². The van der Waals surface area contributed by atoms with Crippen molar-refractivity contribution < 1.29 is 14.6 Å². The van der Waals surface area contributed by atoms with E-state index >= 15 is 0 Å². The molecule has 0 aromatic carbocycles. The van der Waals surface area contributed by atoms with E-state index < -0.39 is 0 Å². The summed E-state index contributed by atoms with van der Waals surface area (Å²) in [5.74, 6) is -0.0705. The molecule has 5 heteroatoms. The first-order chi connectivity index (χ1) is 5.74. The van der Waals surface area contributed by atoms with Crippen LogP contribution in [-0.4, -0.2) is 29.1 Å². The average Bonchev–Trinajstić information content (AvgIpc) is 2.48. The average molecular weight is 187 g/mol. The fraction of sp³-hybridized carbons (Fsp3) is 0.429. The maximum atomic E-state index is 10.8. The fourth-order valence-electron chi connectivity index (χ4n) is 0.635. The molecule has 0 radical (unpaired) electrons. The molecule has 0 aliphatic rings. The highest BCUT2D eigenvalue weighted by molar-refractivity contribution is 7.15. The highest BCUT2D eigenvalue weighted by Crippen LogP contribution is 2.21. The monoisotopic (exact) mass is 187 g/mol. The van der Waals surface area contributed by atoms with Crippen molar-refractivity contribution in [3.05, 3.63) is 11.2 Å². The van der Waals surface area contributed by atoms with Gasteiger partial charge in [-0.05, 0) is 0 Å². The summed E-state index contributed by atoms with van der Waals surface area (Å²) < 4.78 is 5.04. The van der Waals surface area contributed by atoms with Gasteiger partial charge in [-0.1, -0.05) is 11.3 Å². The minimum atomic E-state index is -0.0705. The standard InChI is InChI=1S/C7H9NO3S/c1-5(10)7-8-4-6(12-7)11-3-2-9/h4,9H,2-3H2,1H3. The molecule has 0 aliphatic carbocycles. The van der Waals surface area contributed by atoms with Gasteiger partial charge >= 0.3 is 0 Å². The SMILES string of the molecule is CC(=O)c1ncc(OCCO)s1. The van der Waals surface area contributed by atoms with E-state index in [0.717, 1.165) is 0 Å². The number of carbonyl (C=O) groups is 1. The smallest absolute Gasteiger partial charge is 0.194 e. The summed E-state index contributed by atoms with van der Waals surface area (Å²) in [7, 11) is 0. The maximum Gasteiger partial charge on any atom is 0.194 e. The summed E-state index contributed by atoms with van der Waals surface area (Å²) in [6.07, 6.45) is 1.48. The summed E-state index contributed by atoms with van der Waals surface area (Å²) in [4.78, 5) is 14.6. The van der Waals surface area contributed by atoms with Crippen molar-refractivity contribution in [3.8, 4) is 5.06 Å². The van der Waals surface area contributed by atoms with Gasteiger partial charge in [-0.2, -0.15) is 0 Å². The van der Waals surface area contributed by atoms with E-state index in [1.54, 1.807) is 0 Å². The molecule has 66 valence electrons. The van der Waals surface area contributed by atoms with E-state index in [2.05, 4.69) is 4.98 Å². The first kappa shape index (κ1) is 9.15. The predicted octanol–water partition coefficient (Wildman–Crippen LogP) is 0.717. The number of hydrogen-bond donors (Lipinski definition) is 1. The quantitative estimate of drug-likeness (QED) is 0.705. The van der Waals surface area contributed by atoms with Crippen molar-refractivity contribution in [1.29, 1.82) is 0 Å². The van der Waals surface area contributed by atoms with Crippen molar-refractivity contribution in [1.82, 2.24) is 4.98 Å². The second-order valence-electron chi connectivity index (χ2n) is 2.11. The van der Waals surface area contributed by atoms with Gasteiger partial charge in [0, 0.05) is 6.92 Å². The molecule has 0 bridgehead atoms. The maximum absolute atomic E-state index is 10.8. The number of ether oxygens (including phenoxy) is 1. The molecule has 0 spiro atoms. The number of Topliss-reactive ketones (excluding diaryl/α,β-unsaturated/α-hetero) is 1. The van der Waals surface area contributed by atoms with Crippen molar-refractivity contribution in [2.75, 3.05) is 13.2 Å². The number of thiazole rings is 1. The third kappa shape index (κ3) is 2.28. The van der Waals surface area contributed by atoms with Crippen LogP contribution in [0.3, 0.4) is 0 Å². The summed E-state index contributed by atoms with van der Waals surface area (Å²) in [5, 5.41) is 9.43. The Morgan fingerprint density at radius 1 is 1.83 bits per heavy atom. The van der Waals surface area contributed by atoms with Crippen LogP contribution in [-0.2, 0) is 0 Å². The summed E-state index contributed by atoms with van der Waals surface area (Å²) in [6.45, 7) is 1.65. The van der Waals surface area contributed by atoms with Crippen molar-refractivity contribution >= 4 is 17.1 Å². The van der Waals surface area contributed by atoms with Crippen LogP contribution in [0.5, 0.6) is 5.06 Å². The lowest BCUT2D eigenvalue weighted by Gasteiger charge is -1.96. The molecule has 0 aliphatic heterocycles. The van der Waals surface area contributed by atoms with Gasteiger partial charge in [-0.15, -0.1) is 0 Å². The molecule has 0 atom stereocenters. The van der Waals surface area contributed by atoms with Gasteiger partial charge in [-0.3, -0.25) is 4.79 Å². The Kier molecular flexibility index (Phi) is 3.19. The van der Waals surface area contributed by atoms with Gasteiger partial charge in [0.15, 0.2) is 15.9 Å². The molecule has 0 amide bonds. The number of aliphatic hydroxyl groups is 1. The second-order valence-corrected chi connectivity index (χ2v) is 3.11. The molecule has 12 heavy (non-hydrogen) atoms. The molecule has 1 aromatic rings. The number of carbonyl (C=O) groups excluding carboxylic acids is 1. The van der Waals surface area contributed by atoms with Crippen molar-refractivity contribution in [2.45, 2.75) is 6.92 Å². The topological polar surface area (TPSA) is 59.4 Å². The Morgan fingerprint density at radius 2 is 2.58 bits per heavy atom. The Bertz CT molecular complexity index is 271. The van der Waals surface area contributed by atoms with E-state index in [1.807, 2.05) is 0 Å². The van der Waals surface area contributed by atoms with Gasteiger partial charge in [0.05, 0.1) is 12.8 Å². The molecular weight excluding hydrogens is 178 g/mol. The minimum Gasteiger partial charge on any atom is -0.480 e. The minimum absolute atomic E-state index is 0.0344. The van der Waals surface area contributed by atoms with Gasteiger partial charge in [0.1, 0.15) is 6.61 Å². The van der Waals surface area contributed by atoms with Gasteiger partial charge < -0.3 is 9.84 Å². The number of aliphatic hydroxyl groups excluding tert-OH is 1. The summed E-state index contributed by atoms with van der Waals surface area (Å²) in [5.41, 5.74) is 0. The van der Waals surface area contributed by atoms with Crippen LogP contribution in [0.4, 0.5) is 0 Å². The number of rotatable bonds is 4. The molecule has 0 fully saturated rings. The molecule has 1 aromatic heterocycles. The Balaban J connectivity index is 2.58. The lowest BCUT2D eigenvalue weighted by atomic mass is 10.5. The molecular formula is C7H9NO3S. The van der Waals surface area contributed by atoms with Gasteiger partial charge in [0.25, 0.3) is 0 Å². The molecule has 4 nitrogen and oxygen atoms in total. The number of nitrogens with zero attached hydrogens (tertiary/aromatic N) is 1. The molecule has 0 saturated carbocycles. The lowest BCUT2D eigenvalue weighted by Crippen LogP contribution is -1.99. The highest BCUT2D eigenvalue weighted by atomic mass is 32.1. The molecule has 1 heterocycles. The first-order valence-electron chi connectivity index (χ1n) is 3.44. The Hall–Kier alpha value is -0.940. The highest BCUT2D eigenvalue weighted by Gasteiger charge is 2.05. The summed E-state index contributed by atoms with van der Waals surface area (Å²) in [6, 6.07) is 0. The fourth-order valence-corrected chi connectivity index (χ4v) is 1.32. The molecule has 1 N–H and O–H groups in total.